The summed E-state index contributed by atoms with van der Waals surface area (Å²) in [7, 11) is 0. The van der Waals surface area contributed by atoms with Gasteiger partial charge >= 0.3 is 6.09 Å². The van der Waals surface area contributed by atoms with Crippen LogP contribution in [-0.2, 0) is 4.74 Å². The van der Waals surface area contributed by atoms with E-state index in [4.69, 9.17) is 9.84 Å². The smallest absolute Gasteiger partial charge is 0.407 e. The Kier molecular flexibility index (Phi) is 6.09. The van der Waals surface area contributed by atoms with Gasteiger partial charge in [-0.3, -0.25) is 0 Å². The Bertz CT molecular complexity index is 363. The number of hydrogen-bond acceptors (Lipinski definition) is 4. The van der Waals surface area contributed by atoms with Crippen molar-refractivity contribution in [3.8, 4) is 0 Å². The van der Waals surface area contributed by atoms with Gasteiger partial charge in [0.05, 0.1) is 0 Å². The molecule has 1 heterocycles. The van der Waals surface area contributed by atoms with Gasteiger partial charge in [-0.05, 0) is 64.7 Å². The van der Waals surface area contributed by atoms with Crippen molar-refractivity contribution in [2.24, 2.45) is 11.8 Å². The molecule has 1 amide bonds. The van der Waals surface area contributed by atoms with Gasteiger partial charge in [-0.2, -0.15) is 0 Å². The highest BCUT2D eigenvalue weighted by Gasteiger charge is 2.32. The van der Waals surface area contributed by atoms with Crippen LogP contribution in [0.25, 0.3) is 0 Å². The average Bonchev–Trinajstić information content (AvgIpc) is 3.17. The van der Waals surface area contributed by atoms with Gasteiger partial charge in [-0.15, -0.1) is 0 Å². The van der Waals surface area contributed by atoms with Gasteiger partial charge in [0.25, 0.3) is 0 Å². The molecule has 1 saturated carbocycles. The molecule has 5 heteroatoms. The third kappa shape index (κ3) is 6.53. The van der Waals surface area contributed by atoms with Crippen LogP contribution in [0.5, 0.6) is 0 Å². The fraction of sp³-hybridized carbons (Fsp3) is 0.941. The molecule has 2 fully saturated rings. The van der Waals surface area contributed by atoms with E-state index in [2.05, 4.69) is 10.2 Å². The molecule has 2 rings (SSSR count). The minimum atomic E-state index is -0.456. The first-order valence-electron chi connectivity index (χ1n) is 8.68. The quantitative estimate of drug-likeness (QED) is 0.790. The number of hydrogen-bond donors (Lipinski definition) is 2. The molecular formula is C17H32N2O3. The van der Waals surface area contributed by atoms with Crippen LogP contribution in [0.2, 0.25) is 0 Å². The normalized spacial score (nSPS) is 26.7. The zero-order valence-corrected chi connectivity index (χ0v) is 14.3. The van der Waals surface area contributed by atoms with Gasteiger partial charge in [0, 0.05) is 32.3 Å². The van der Waals surface area contributed by atoms with Crippen LogP contribution >= 0.6 is 0 Å². The second kappa shape index (κ2) is 7.64. The summed E-state index contributed by atoms with van der Waals surface area (Å²) in [5.41, 5.74) is -0.456. The van der Waals surface area contributed by atoms with E-state index in [1.165, 1.54) is 12.8 Å². The van der Waals surface area contributed by atoms with Crippen LogP contribution in [0, 0.1) is 11.8 Å². The summed E-state index contributed by atoms with van der Waals surface area (Å²) in [6.45, 7) is 9.09. The molecule has 0 bridgehead atoms. The molecule has 22 heavy (non-hydrogen) atoms. The molecule has 0 aromatic heterocycles. The number of rotatable bonds is 6. The van der Waals surface area contributed by atoms with Crippen molar-refractivity contribution in [3.63, 3.8) is 0 Å². The molecule has 5 nitrogen and oxygen atoms in total. The minimum absolute atomic E-state index is 0.158. The topological polar surface area (TPSA) is 61.8 Å². The molecule has 128 valence electrons. The van der Waals surface area contributed by atoms with E-state index in [-0.39, 0.29) is 18.7 Å². The maximum atomic E-state index is 12.0. The lowest BCUT2D eigenvalue weighted by molar-refractivity contribution is 0.0440. The van der Waals surface area contributed by atoms with Crippen molar-refractivity contribution in [3.05, 3.63) is 0 Å². The van der Waals surface area contributed by atoms with Gasteiger partial charge < -0.3 is 20.1 Å². The van der Waals surface area contributed by atoms with Crippen LogP contribution < -0.4 is 5.32 Å². The monoisotopic (exact) mass is 312 g/mol. The standard InChI is InChI=1S/C17H32N2O3/c1-17(2,3)22-16(21)18-15-9-14(5-4-8-20)11-19(12-15)10-13-6-7-13/h13-15,20H,4-12H2,1-3H3,(H,18,21). The first-order chi connectivity index (χ1) is 10.4. The Balaban J connectivity index is 1.85. The van der Waals surface area contributed by atoms with Crippen molar-refractivity contribution >= 4 is 6.09 Å². The molecule has 0 aromatic rings. The number of aliphatic hydroxyl groups is 1. The van der Waals surface area contributed by atoms with Crippen molar-refractivity contribution in [1.29, 1.82) is 0 Å². The zero-order chi connectivity index (χ0) is 16.2. The minimum Gasteiger partial charge on any atom is -0.444 e. The molecule has 1 aliphatic carbocycles. The molecule has 1 saturated heterocycles. The van der Waals surface area contributed by atoms with Crippen molar-refractivity contribution in [2.75, 3.05) is 26.2 Å². The summed E-state index contributed by atoms with van der Waals surface area (Å²) in [6.07, 6.45) is 5.25. The molecule has 1 aliphatic heterocycles. The summed E-state index contributed by atoms with van der Waals surface area (Å²) in [6, 6.07) is 0.158. The number of piperidine rings is 1. The van der Waals surface area contributed by atoms with Crippen molar-refractivity contribution in [2.45, 2.75) is 64.5 Å². The first-order valence-corrected chi connectivity index (χ1v) is 8.68. The molecule has 0 spiro atoms. The Morgan fingerprint density at radius 2 is 2.00 bits per heavy atom. The number of nitrogens with one attached hydrogen (secondary N) is 1. The fourth-order valence-electron chi connectivity index (χ4n) is 3.29. The first kappa shape index (κ1) is 17.5. The van der Waals surface area contributed by atoms with E-state index >= 15 is 0 Å². The summed E-state index contributed by atoms with van der Waals surface area (Å²) in [4.78, 5) is 14.5. The predicted molar refractivity (Wildman–Crippen MR) is 86.7 cm³/mol. The highest BCUT2D eigenvalue weighted by molar-refractivity contribution is 5.68. The van der Waals surface area contributed by atoms with Crippen LogP contribution in [0.4, 0.5) is 4.79 Å². The Hall–Kier alpha value is -0.810. The maximum absolute atomic E-state index is 12.0. The van der Waals surface area contributed by atoms with E-state index < -0.39 is 5.60 Å². The van der Waals surface area contributed by atoms with Crippen molar-refractivity contribution in [1.82, 2.24) is 10.2 Å². The van der Waals surface area contributed by atoms with Crippen LogP contribution in [-0.4, -0.2) is 54.0 Å². The summed E-state index contributed by atoms with van der Waals surface area (Å²) < 4.78 is 5.38. The molecule has 2 N–H and O–H groups in total. The number of likely N-dealkylation sites (tertiary alicyclic amines) is 1. The van der Waals surface area contributed by atoms with Gasteiger partial charge in [-0.25, -0.2) is 4.79 Å². The van der Waals surface area contributed by atoms with Crippen molar-refractivity contribution < 1.29 is 14.6 Å². The Morgan fingerprint density at radius 3 is 2.59 bits per heavy atom. The zero-order valence-electron chi connectivity index (χ0n) is 14.3. The van der Waals surface area contributed by atoms with Crippen LogP contribution in [0.3, 0.4) is 0 Å². The molecule has 2 atom stereocenters. The predicted octanol–water partition coefficient (Wildman–Crippen LogP) is 2.38. The fourth-order valence-corrected chi connectivity index (χ4v) is 3.29. The average molecular weight is 312 g/mol. The number of ether oxygens (including phenoxy) is 1. The lowest BCUT2D eigenvalue weighted by Gasteiger charge is -2.38. The van der Waals surface area contributed by atoms with Gasteiger partial charge in [-0.1, -0.05) is 0 Å². The lowest BCUT2D eigenvalue weighted by atomic mass is 9.90. The number of carbonyl (C=O) groups excluding carboxylic acids is 1. The number of alkyl carbamates (subject to hydrolysis) is 1. The molecule has 2 unspecified atom stereocenters. The van der Waals surface area contributed by atoms with Gasteiger partial charge in [0.2, 0.25) is 0 Å². The summed E-state index contributed by atoms with van der Waals surface area (Å²) in [5.74, 6) is 1.42. The van der Waals surface area contributed by atoms with E-state index in [9.17, 15) is 4.79 Å². The summed E-state index contributed by atoms with van der Waals surface area (Å²) in [5, 5.41) is 12.1. The van der Waals surface area contributed by atoms with E-state index in [1.807, 2.05) is 20.8 Å². The Labute approximate surface area is 134 Å². The van der Waals surface area contributed by atoms with Gasteiger partial charge in [0.15, 0.2) is 0 Å². The van der Waals surface area contributed by atoms with Gasteiger partial charge in [0.1, 0.15) is 5.60 Å². The number of amides is 1. The molecule has 0 aromatic carbocycles. The highest BCUT2D eigenvalue weighted by atomic mass is 16.6. The number of aliphatic hydroxyl groups excluding tert-OH is 1. The number of nitrogens with zero attached hydrogens (tertiary/aromatic N) is 1. The second-order valence-electron chi connectivity index (χ2n) is 7.97. The molecule has 2 aliphatic rings. The number of carbonyl (C=O) groups is 1. The summed E-state index contributed by atoms with van der Waals surface area (Å²) >= 11 is 0. The second-order valence-corrected chi connectivity index (χ2v) is 7.97. The van der Waals surface area contributed by atoms with E-state index in [1.54, 1.807) is 0 Å². The largest absolute Gasteiger partial charge is 0.444 e. The van der Waals surface area contributed by atoms with E-state index in [0.717, 1.165) is 44.8 Å². The third-order valence-corrected chi connectivity index (χ3v) is 4.32. The third-order valence-electron chi connectivity index (χ3n) is 4.32. The maximum Gasteiger partial charge on any atom is 0.407 e. The van der Waals surface area contributed by atoms with Crippen LogP contribution in [0.1, 0.15) is 52.9 Å². The highest BCUT2D eigenvalue weighted by Crippen LogP contribution is 2.32. The SMILES string of the molecule is CC(C)(C)OC(=O)NC1CC(CCCO)CN(CC2CC2)C1. The molecule has 0 radical (unpaired) electrons. The Morgan fingerprint density at radius 1 is 1.27 bits per heavy atom. The molecular weight excluding hydrogens is 280 g/mol. The lowest BCUT2D eigenvalue weighted by Crippen LogP contribution is -2.52. The van der Waals surface area contributed by atoms with E-state index in [0.29, 0.717) is 5.92 Å². The van der Waals surface area contributed by atoms with Crippen LogP contribution in [0.15, 0.2) is 0 Å².